The molecule has 0 saturated heterocycles. The minimum Gasteiger partial charge on any atom is -0.507 e. The van der Waals surface area contributed by atoms with Crippen LogP contribution in [0.1, 0.15) is 37.8 Å². The van der Waals surface area contributed by atoms with Crippen LogP contribution in [0, 0.1) is 0 Å². The van der Waals surface area contributed by atoms with Crippen LogP contribution in [0.4, 0.5) is 0 Å². The molecule has 1 N–H and O–H groups in total. The maximum atomic E-state index is 10.7. The van der Waals surface area contributed by atoms with E-state index in [0.29, 0.717) is 5.75 Å². The lowest BCUT2D eigenvalue weighted by molar-refractivity contribution is 0.467. The Morgan fingerprint density at radius 3 is 2.25 bits per heavy atom. The Labute approximate surface area is 127 Å². The highest BCUT2D eigenvalue weighted by atomic mass is 32.1. The zero-order valence-electron chi connectivity index (χ0n) is 12.2. The lowest BCUT2D eigenvalue weighted by atomic mass is 9.93. The molecule has 2 heteroatoms. The van der Waals surface area contributed by atoms with E-state index in [9.17, 15) is 5.11 Å². The molecule has 0 bridgehead atoms. The fourth-order valence-electron chi connectivity index (χ4n) is 2.66. The first-order chi connectivity index (χ1) is 9.69. The van der Waals surface area contributed by atoms with E-state index < -0.39 is 0 Å². The van der Waals surface area contributed by atoms with E-state index in [1.54, 1.807) is 0 Å². The first kappa shape index (κ1) is 15.0. The Hall–Kier alpha value is -1.41. The average Bonchev–Trinajstić information content (AvgIpc) is 2.44. The number of aryl methyl sites for hydroxylation is 1. The second-order valence-corrected chi connectivity index (χ2v) is 5.60. The van der Waals surface area contributed by atoms with Gasteiger partial charge >= 0.3 is 0 Å². The van der Waals surface area contributed by atoms with E-state index in [-0.39, 0.29) is 0 Å². The van der Waals surface area contributed by atoms with Crippen LogP contribution in [0.3, 0.4) is 0 Å². The Balaban J connectivity index is 2.61. The van der Waals surface area contributed by atoms with Crippen LogP contribution in [0.5, 0.6) is 5.75 Å². The zero-order chi connectivity index (χ0) is 14.5. The van der Waals surface area contributed by atoms with Crippen LogP contribution in [0.15, 0.2) is 41.3 Å². The summed E-state index contributed by atoms with van der Waals surface area (Å²) in [5.74, 6) is 0.411. The number of phenols is 1. The van der Waals surface area contributed by atoms with E-state index in [0.717, 1.165) is 47.3 Å². The largest absolute Gasteiger partial charge is 0.507 e. The standard InChI is InChI=1S/C18H22OS/c1-3-8-14-12-16(20)17(13-10-6-5-7-11-13)18(19)15(14)9-4-2/h5-7,10-12,19-20H,3-4,8-9H2,1-2H3. The van der Waals surface area contributed by atoms with E-state index >= 15 is 0 Å². The van der Waals surface area contributed by atoms with Gasteiger partial charge in [0.05, 0.1) is 0 Å². The molecule has 0 aromatic heterocycles. The van der Waals surface area contributed by atoms with Gasteiger partial charge in [0.25, 0.3) is 0 Å². The summed E-state index contributed by atoms with van der Waals surface area (Å²) in [7, 11) is 0. The number of benzene rings is 2. The smallest absolute Gasteiger partial charge is 0.127 e. The van der Waals surface area contributed by atoms with Crippen molar-refractivity contribution in [3.8, 4) is 16.9 Å². The highest BCUT2D eigenvalue weighted by Gasteiger charge is 2.16. The molecule has 0 spiro atoms. The molecule has 1 nitrogen and oxygen atoms in total. The van der Waals surface area contributed by atoms with Crippen LogP contribution in [-0.4, -0.2) is 5.11 Å². The summed E-state index contributed by atoms with van der Waals surface area (Å²) >= 11 is 4.60. The minimum atomic E-state index is 0.411. The van der Waals surface area contributed by atoms with Crippen LogP contribution in [0.2, 0.25) is 0 Å². The van der Waals surface area contributed by atoms with E-state index in [1.807, 2.05) is 30.3 Å². The summed E-state index contributed by atoms with van der Waals surface area (Å²) < 4.78 is 0. The van der Waals surface area contributed by atoms with Gasteiger partial charge in [-0.2, -0.15) is 0 Å². The van der Waals surface area contributed by atoms with Crippen molar-refractivity contribution in [2.75, 3.05) is 0 Å². The molecular weight excluding hydrogens is 264 g/mol. The van der Waals surface area contributed by atoms with Gasteiger partial charge in [-0.15, -0.1) is 12.6 Å². The van der Waals surface area contributed by atoms with Crippen LogP contribution in [0.25, 0.3) is 11.1 Å². The van der Waals surface area contributed by atoms with Crippen molar-refractivity contribution in [3.63, 3.8) is 0 Å². The van der Waals surface area contributed by atoms with Crippen molar-refractivity contribution < 1.29 is 5.11 Å². The third-order valence-electron chi connectivity index (χ3n) is 3.56. The highest BCUT2D eigenvalue weighted by Crippen LogP contribution is 2.40. The minimum absolute atomic E-state index is 0.411. The second kappa shape index (κ2) is 6.85. The summed E-state index contributed by atoms with van der Waals surface area (Å²) in [6, 6.07) is 12.1. The molecule has 2 rings (SSSR count). The average molecular weight is 286 g/mol. The van der Waals surface area contributed by atoms with Gasteiger partial charge in [0.15, 0.2) is 0 Å². The first-order valence-electron chi connectivity index (χ1n) is 7.31. The van der Waals surface area contributed by atoms with Gasteiger partial charge in [0, 0.05) is 10.5 Å². The second-order valence-electron chi connectivity index (χ2n) is 5.12. The number of hydrogen-bond donors (Lipinski definition) is 2. The predicted octanol–water partition coefficient (Wildman–Crippen LogP) is 5.25. The van der Waals surface area contributed by atoms with Crippen molar-refractivity contribution in [3.05, 3.63) is 47.5 Å². The SMILES string of the molecule is CCCc1cc(S)c(-c2ccccc2)c(O)c1CCC. The summed E-state index contributed by atoms with van der Waals surface area (Å²) in [6.07, 6.45) is 4.01. The quantitative estimate of drug-likeness (QED) is 0.719. The molecule has 106 valence electrons. The molecule has 0 fully saturated rings. The molecule has 2 aromatic carbocycles. The third kappa shape index (κ3) is 3.01. The van der Waals surface area contributed by atoms with Crippen molar-refractivity contribution >= 4 is 12.6 Å². The number of rotatable bonds is 5. The zero-order valence-corrected chi connectivity index (χ0v) is 13.1. The molecule has 2 aromatic rings. The van der Waals surface area contributed by atoms with Crippen molar-refractivity contribution in [1.82, 2.24) is 0 Å². The van der Waals surface area contributed by atoms with Crippen LogP contribution >= 0.6 is 12.6 Å². The Morgan fingerprint density at radius 2 is 1.65 bits per heavy atom. The predicted molar refractivity (Wildman–Crippen MR) is 88.8 cm³/mol. The monoisotopic (exact) mass is 286 g/mol. The van der Waals surface area contributed by atoms with E-state index in [1.165, 1.54) is 5.56 Å². The maximum Gasteiger partial charge on any atom is 0.127 e. The third-order valence-corrected chi connectivity index (χ3v) is 3.91. The van der Waals surface area contributed by atoms with E-state index in [4.69, 9.17) is 0 Å². The summed E-state index contributed by atoms with van der Waals surface area (Å²) in [5, 5.41) is 10.7. The van der Waals surface area contributed by atoms with Crippen LogP contribution in [-0.2, 0) is 12.8 Å². The maximum absolute atomic E-state index is 10.7. The Morgan fingerprint density at radius 1 is 1.00 bits per heavy atom. The topological polar surface area (TPSA) is 20.2 Å². The Kier molecular flexibility index (Phi) is 5.13. The normalized spacial score (nSPS) is 10.8. The number of phenolic OH excluding ortho intramolecular Hbond substituents is 1. The van der Waals surface area contributed by atoms with Crippen molar-refractivity contribution in [2.45, 2.75) is 44.4 Å². The lowest BCUT2D eigenvalue weighted by Gasteiger charge is -2.17. The molecule has 0 amide bonds. The first-order valence-corrected chi connectivity index (χ1v) is 7.75. The molecule has 0 saturated carbocycles. The number of thiol groups is 1. The molecular formula is C18H22OS. The molecule has 0 radical (unpaired) electrons. The molecule has 0 heterocycles. The molecule has 20 heavy (non-hydrogen) atoms. The van der Waals surface area contributed by atoms with E-state index in [2.05, 4.69) is 32.5 Å². The lowest BCUT2D eigenvalue weighted by Crippen LogP contribution is -1.98. The summed E-state index contributed by atoms with van der Waals surface area (Å²) in [6.45, 7) is 4.31. The fraction of sp³-hybridized carbons (Fsp3) is 0.333. The van der Waals surface area contributed by atoms with Gasteiger partial charge in [0.1, 0.15) is 5.75 Å². The van der Waals surface area contributed by atoms with Gasteiger partial charge < -0.3 is 5.11 Å². The summed E-state index contributed by atoms with van der Waals surface area (Å²) in [4.78, 5) is 0.858. The number of aromatic hydroxyl groups is 1. The number of hydrogen-bond acceptors (Lipinski definition) is 2. The van der Waals surface area contributed by atoms with Gasteiger partial charge in [-0.25, -0.2) is 0 Å². The molecule has 0 aliphatic carbocycles. The highest BCUT2D eigenvalue weighted by molar-refractivity contribution is 7.80. The molecule has 0 unspecified atom stereocenters. The molecule has 0 aliphatic rings. The molecule has 0 aliphatic heterocycles. The van der Waals surface area contributed by atoms with Gasteiger partial charge in [-0.3, -0.25) is 0 Å². The van der Waals surface area contributed by atoms with Crippen molar-refractivity contribution in [1.29, 1.82) is 0 Å². The summed E-state index contributed by atoms with van der Waals surface area (Å²) in [5.41, 5.74) is 4.20. The molecule has 0 atom stereocenters. The van der Waals surface area contributed by atoms with Gasteiger partial charge in [-0.1, -0.05) is 57.0 Å². The van der Waals surface area contributed by atoms with Gasteiger partial charge in [-0.05, 0) is 35.6 Å². The fourth-order valence-corrected chi connectivity index (χ4v) is 3.05. The van der Waals surface area contributed by atoms with Crippen LogP contribution < -0.4 is 0 Å². The Bertz CT molecular complexity index is 576. The van der Waals surface area contributed by atoms with Crippen molar-refractivity contribution in [2.24, 2.45) is 0 Å². The van der Waals surface area contributed by atoms with Gasteiger partial charge in [0.2, 0.25) is 0 Å².